The van der Waals surface area contributed by atoms with Crippen molar-refractivity contribution in [1.29, 1.82) is 0 Å². The van der Waals surface area contributed by atoms with Crippen LogP contribution in [0.4, 0.5) is 12.9 Å². The third-order valence-corrected chi connectivity index (χ3v) is 2.78. The van der Waals surface area contributed by atoms with Gasteiger partial charge in [0.2, 0.25) is 0 Å². The summed E-state index contributed by atoms with van der Waals surface area (Å²) in [7, 11) is -3.67. The van der Waals surface area contributed by atoms with Gasteiger partial charge in [-0.05, 0) is 12.8 Å². The number of unbranched alkanes of at least 4 members (excludes halogenated alkanes) is 2. The maximum absolute atomic E-state index is 9.67. The van der Waals surface area contributed by atoms with Gasteiger partial charge in [-0.3, -0.25) is 12.9 Å². The van der Waals surface area contributed by atoms with Crippen LogP contribution in [0.5, 0.6) is 0 Å². The SMILES string of the molecule is C1CCCCC1.CCCCOCCCC.FB(F)F. The Bertz CT molecular complexity index is 124. The minimum Gasteiger partial charge on any atom is -0.381 e. The summed E-state index contributed by atoms with van der Waals surface area (Å²) in [5.41, 5.74) is 0. The van der Waals surface area contributed by atoms with Gasteiger partial charge >= 0.3 is 7.54 Å². The molecule has 0 aromatic carbocycles. The average molecular weight is 282 g/mol. The van der Waals surface area contributed by atoms with Crippen LogP contribution in [0.1, 0.15) is 78.1 Å². The molecule has 0 saturated heterocycles. The Hall–Kier alpha value is -0.185. The molecule has 0 amide bonds. The molecular formula is C14H30BF3O. The fourth-order valence-corrected chi connectivity index (χ4v) is 1.66. The van der Waals surface area contributed by atoms with Crippen molar-refractivity contribution in [2.45, 2.75) is 78.1 Å². The lowest BCUT2D eigenvalue weighted by Crippen LogP contribution is -1.95. The van der Waals surface area contributed by atoms with Crippen LogP contribution in [-0.2, 0) is 4.74 Å². The molecule has 0 heterocycles. The fraction of sp³-hybridized carbons (Fsp3) is 1.00. The lowest BCUT2D eigenvalue weighted by atomic mass is 10.0. The first-order valence-electron chi connectivity index (χ1n) is 7.65. The van der Waals surface area contributed by atoms with Crippen LogP contribution in [0.3, 0.4) is 0 Å². The summed E-state index contributed by atoms with van der Waals surface area (Å²) in [6.45, 7) is 6.28. The molecular weight excluding hydrogens is 252 g/mol. The zero-order valence-corrected chi connectivity index (χ0v) is 12.6. The highest BCUT2D eigenvalue weighted by atomic mass is 19.4. The Morgan fingerprint density at radius 2 is 1.00 bits per heavy atom. The topological polar surface area (TPSA) is 9.23 Å². The first kappa shape index (κ1) is 21.1. The molecule has 0 atom stereocenters. The predicted octanol–water partition coefficient (Wildman–Crippen LogP) is 5.82. The van der Waals surface area contributed by atoms with Crippen molar-refractivity contribution in [3.8, 4) is 0 Å². The smallest absolute Gasteiger partial charge is 0.381 e. The molecule has 0 spiro atoms. The minimum atomic E-state index is -3.67. The number of hydrogen-bond acceptors (Lipinski definition) is 1. The second kappa shape index (κ2) is 20.1. The summed E-state index contributed by atoms with van der Waals surface area (Å²) >= 11 is 0. The molecule has 0 aliphatic heterocycles. The van der Waals surface area contributed by atoms with Gasteiger partial charge in [-0.2, -0.15) is 0 Å². The summed E-state index contributed by atoms with van der Waals surface area (Å²) in [6, 6.07) is 0. The van der Waals surface area contributed by atoms with E-state index in [0.29, 0.717) is 0 Å². The molecule has 1 rings (SSSR count). The number of ether oxygens (including phenoxy) is 1. The maximum atomic E-state index is 9.67. The Balaban J connectivity index is 0. The molecule has 0 aromatic heterocycles. The summed E-state index contributed by atoms with van der Waals surface area (Å²) in [5.74, 6) is 0. The van der Waals surface area contributed by atoms with Gasteiger partial charge in [-0.25, -0.2) is 0 Å². The van der Waals surface area contributed by atoms with Crippen LogP contribution in [0.15, 0.2) is 0 Å². The fourth-order valence-electron chi connectivity index (χ4n) is 1.66. The van der Waals surface area contributed by atoms with E-state index < -0.39 is 7.54 Å². The molecule has 0 bridgehead atoms. The normalized spacial score (nSPS) is 13.7. The van der Waals surface area contributed by atoms with E-state index in [-0.39, 0.29) is 0 Å². The van der Waals surface area contributed by atoms with Crippen molar-refractivity contribution in [2.24, 2.45) is 0 Å². The molecule has 0 N–H and O–H groups in total. The third-order valence-electron chi connectivity index (χ3n) is 2.78. The Morgan fingerprint density at radius 3 is 1.21 bits per heavy atom. The average Bonchev–Trinajstić information content (AvgIpc) is 2.41. The van der Waals surface area contributed by atoms with Crippen LogP contribution >= 0.6 is 0 Å². The van der Waals surface area contributed by atoms with Crippen LogP contribution in [-0.4, -0.2) is 20.8 Å². The largest absolute Gasteiger partial charge is 0.762 e. The zero-order valence-electron chi connectivity index (χ0n) is 12.6. The van der Waals surface area contributed by atoms with Crippen LogP contribution in [0.2, 0.25) is 0 Å². The second-order valence-corrected chi connectivity index (χ2v) is 4.69. The van der Waals surface area contributed by atoms with Crippen molar-refractivity contribution >= 4 is 7.54 Å². The molecule has 1 aliphatic carbocycles. The number of hydrogen-bond donors (Lipinski definition) is 0. The molecule has 0 aromatic rings. The molecule has 116 valence electrons. The van der Waals surface area contributed by atoms with Crippen LogP contribution in [0, 0.1) is 0 Å². The van der Waals surface area contributed by atoms with Crippen LogP contribution in [0.25, 0.3) is 0 Å². The van der Waals surface area contributed by atoms with Gasteiger partial charge in [0.25, 0.3) is 0 Å². The second-order valence-electron chi connectivity index (χ2n) is 4.69. The minimum absolute atomic E-state index is 0.955. The third kappa shape index (κ3) is 31.9. The van der Waals surface area contributed by atoms with Gasteiger partial charge in [0, 0.05) is 13.2 Å². The van der Waals surface area contributed by atoms with E-state index in [1.807, 2.05) is 0 Å². The van der Waals surface area contributed by atoms with E-state index in [9.17, 15) is 12.9 Å². The van der Waals surface area contributed by atoms with Gasteiger partial charge < -0.3 is 4.74 Å². The Kier molecular flexibility index (Phi) is 22.4. The summed E-state index contributed by atoms with van der Waals surface area (Å²) in [6.07, 6.45) is 13.9. The van der Waals surface area contributed by atoms with E-state index in [4.69, 9.17) is 4.74 Å². The van der Waals surface area contributed by atoms with Crippen molar-refractivity contribution in [3.63, 3.8) is 0 Å². The maximum Gasteiger partial charge on any atom is 0.762 e. The predicted molar refractivity (Wildman–Crippen MR) is 77.4 cm³/mol. The van der Waals surface area contributed by atoms with Gasteiger partial charge in [0.05, 0.1) is 0 Å². The van der Waals surface area contributed by atoms with E-state index in [0.717, 1.165) is 13.2 Å². The number of halogens is 3. The van der Waals surface area contributed by atoms with Crippen molar-refractivity contribution in [2.75, 3.05) is 13.2 Å². The van der Waals surface area contributed by atoms with Crippen molar-refractivity contribution in [3.05, 3.63) is 0 Å². The highest BCUT2D eigenvalue weighted by Gasteiger charge is 2.06. The molecule has 0 unspecified atom stereocenters. The van der Waals surface area contributed by atoms with Gasteiger partial charge in [-0.15, -0.1) is 0 Å². The van der Waals surface area contributed by atoms with E-state index >= 15 is 0 Å². The first-order valence-corrected chi connectivity index (χ1v) is 7.65. The molecule has 5 heteroatoms. The number of rotatable bonds is 6. The van der Waals surface area contributed by atoms with E-state index in [1.54, 1.807) is 0 Å². The van der Waals surface area contributed by atoms with Crippen molar-refractivity contribution in [1.82, 2.24) is 0 Å². The lowest BCUT2D eigenvalue weighted by Gasteiger charge is -2.05. The quantitative estimate of drug-likeness (QED) is 0.440. The van der Waals surface area contributed by atoms with Gasteiger partial charge in [-0.1, -0.05) is 65.2 Å². The summed E-state index contributed by atoms with van der Waals surface area (Å²) in [4.78, 5) is 0. The highest BCUT2D eigenvalue weighted by Crippen LogP contribution is 2.15. The standard InChI is InChI=1S/C8H18O.C6H12.BF3/c1-3-5-7-9-8-6-4-2;1-2-4-6-5-3-1;2-1(3)4/h3-8H2,1-2H3;1-6H2;. The van der Waals surface area contributed by atoms with Gasteiger partial charge in [0.15, 0.2) is 0 Å². The van der Waals surface area contributed by atoms with E-state index in [1.165, 1.54) is 64.2 Å². The molecule has 1 aliphatic rings. The zero-order chi connectivity index (χ0) is 14.8. The van der Waals surface area contributed by atoms with Crippen molar-refractivity contribution < 1.29 is 17.7 Å². The Morgan fingerprint density at radius 1 is 0.737 bits per heavy atom. The monoisotopic (exact) mass is 282 g/mol. The molecule has 1 nitrogen and oxygen atoms in total. The van der Waals surface area contributed by atoms with Crippen LogP contribution < -0.4 is 0 Å². The summed E-state index contributed by atoms with van der Waals surface area (Å²) in [5, 5.41) is 0. The Labute approximate surface area is 117 Å². The molecule has 0 radical (unpaired) electrons. The molecule has 19 heavy (non-hydrogen) atoms. The molecule has 1 saturated carbocycles. The highest BCUT2D eigenvalue weighted by molar-refractivity contribution is 6.33. The van der Waals surface area contributed by atoms with E-state index in [2.05, 4.69) is 13.8 Å². The first-order chi connectivity index (χ1) is 9.15. The lowest BCUT2D eigenvalue weighted by molar-refractivity contribution is 0.128. The molecule has 1 fully saturated rings. The van der Waals surface area contributed by atoms with Gasteiger partial charge in [0.1, 0.15) is 0 Å². The summed E-state index contributed by atoms with van der Waals surface area (Å²) < 4.78 is 34.3.